The molecule has 2 aromatic carbocycles. The number of hydrogen-bond acceptors (Lipinski definition) is 0. The molecule has 0 radical (unpaired) electrons. The second kappa shape index (κ2) is 5.64. The molecule has 1 atom stereocenters. The zero-order chi connectivity index (χ0) is 11.4. The monoisotopic (exact) mass is 338 g/mol. The van der Waals surface area contributed by atoms with Gasteiger partial charge in [-0.1, -0.05) is 67.2 Å². The second-order valence-corrected chi connectivity index (χ2v) is 11.9. The predicted octanol–water partition coefficient (Wildman–Crippen LogP) is 4.15. The van der Waals surface area contributed by atoms with Gasteiger partial charge in [0.25, 0.3) is 0 Å². The fraction of sp³-hybridized carbons (Fsp3) is 0.143. The Morgan fingerprint density at radius 3 is 1.50 bits per heavy atom. The van der Waals surface area contributed by atoms with Crippen LogP contribution < -0.4 is 0 Å². The van der Waals surface area contributed by atoms with E-state index in [1.807, 2.05) is 0 Å². The minimum atomic E-state index is -0.769. The maximum atomic E-state index is 2.65. The highest BCUT2D eigenvalue weighted by molar-refractivity contribution is 14.1. The Morgan fingerprint density at radius 2 is 1.19 bits per heavy atom. The van der Waals surface area contributed by atoms with Crippen LogP contribution in [0.2, 0.25) is 6.55 Å². The molecular formula is C14H15ISi. The quantitative estimate of drug-likeness (QED) is 0.448. The van der Waals surface area contributed by atoms with E-state index in [4.69, 9.17) is 0 Å². The van der Waals surface area contributed by atoms with Crippen LogP contribution in [-0.2, 0) is 0 Å². The topological polar surface area (TPSA) is 0 Å². The third-order valence-electron chi connectivity index (χ3n) is 2.78. The van der Waals surface area contributed by atoms with Crippen molar-refractivity contribution in [2.75, 3.05) is 0 Å². The van der Waals surface area contributed by atoms with E-state index in [-0.39, 0.29) is 0 Å². The molecular weight excluding hydrogens is 323 g/mol. The molecule has 0 spiro atoms. The molecule has 1 unspecified atom stereocenters. The van der Waals surface area contributed by atoms with E-state index >= 15 is 0 Å². The van der Waals surface area contributed by atoms with Crippen LogP contribution in [-0.4, -0.2) is 6.29 Å². The average molecular weight is 338 g/mol. The van der Waals surface area contributed by atoms with Gasteiger partial charge in [-0.15, -0.1) is 21.8 Å². The molecule has 0 saturated heterocycles. The van der Waals surface area contributed by atoms with Crippen LogP contribution >= 0.6 is 21.8 Å². The lowest BCUT2D eigenvalue weighted by Crippen LogP contribution is -2.14. The Morgan fingerprint density at radius 1 is 0.812 bits per heavy atom. The van der Waals surface area contributed by atoms with Gasteiger partial charge in [0, 0.05) is 5.54 Å². The fourth-order valence-corrected chi connectivity index (χ4v) is 6.04. The van der Waals surface area contributed by atoms with E-state index in [1.54, 1.807) is 0 Å². The summed E-state index contributed by atoms with van der Waals surface area (Å²) in [5.74, 6) is 0. The van der Waals surface area contributed by atoms with Gasteiger partial charge in [0.2, 0.25) is 0 Å². The molecule has 0 aliphatic rings. The summed E-state index contributed by atoms with van der Waals surface area (Å²) < 4.78 is 0. The Balaban J connectivity index is 2.40. The van der Waals surface area contributed by atoms with Crippen LogP contribution in [0.25, 0.3) is 0 Å². The normalized spacial score (nSPS) is 12.7. The Bertz CT molecular complexity index is 386. The standard InChI is InChI=1S/C14H15ISi/c1-16(15)14(12-8-4-2-5-9-12)13-10-6-3-7-11-13/h2-11,14,16H,1H3. The van der Waals surface area contributed by atoms with E-state index in [9.17, 15) is 0 Å². The fourth-order valence-electron chi connectivity index (χ4n) is 2.04. The summed E-state index contributed by atoms with van der Waals surface area (Å²) in [4.78, 5) is 0. The van der Waals surface area contributed by atoms with Crippen LogP contribution in [0.5, 0.6) is 0 Å². The lowest BCUT2D eigenvalue weighted by atomic mass is 10.0. The first-order chi connectivity index (χ1) is 7.79. The first kappa shape index (κ1) is 11.9. The maximum absolute atomic E-state index is 2.65. The zero-order valence-corrected chi connectivity index (χ0v) is 12.6. The van der Waals surface area contributed by atoms with Gasteiger partial charge in [-0.05, 0) is 11.1 Å². The van der Waals surface area contributed by atoms with Gasteiger partial charge in [-0.3, -0.25) is 0 Å². The Labute approximate surface area is 112 Å². The van der Waals surface area contributed by atoms with Crippen LogP contribution in [0.15, 0.2) is 60.7 Å². The van der Waals surface area contributed by atoms with Crippen molar-refractivity contribution in [1.29, 1.82) is 0 Å². The number of rotatable bonds is 3. The van der Waals surface area contributed by atoms with Crippen LogP contribution in [0, 0.1) is 0 Å². The summed E-state index contributed by atoms with van der Waals surface area (Å²) in [5.41, 5.74) is 3.55. The van der Waals surface area contributed by atoms with Gasteiger partial charge in [0.1, 0.15) is 6.29 Å². The van der Waals surface area contributed by atoms with Crippen molar-refractivity contribution in [3.8, 4) is 0 Å². The van der Waals surface area contributed by atoms with Gasteiger partial charge >= 0.3 is 0 Å². The van der Waals surface area contributed by atoms with Crippen molar-refractivity contribution in [3.63, 3.8) is 0 Å². The van der Waals surface area contributed by atoms with Gasteiger partial charge in [-0.2, -0.15) is 0 Å². The predicted molar refractivity (Wildman–Crippen MR) is 81.8 cm³/mol. The van der Waals surface area contributed by atoms with Gasteiger partial charge < -0.3 is 0 Å². The molecule has 2 heteroatoms. The summed E-state index contributed by atoms with van der Waals surface area (Å²) >= 11 is 2.65. The summed E-state index contributed by atoms with van der Waals surface area (Å²) in [5, 5.41) is 0. The lowest BCUT2D eigenvalue weighted by Gasteiger charge is -2.19. The third-order valence-corrected chi connectivity index (χ3v) is 6.62. The van der Waals surface area contributed by atoms with Crippen molar-refractivity contribution in [1.82, 2.24) is 0 Å². The average Bonchev–Trinajstić information content (AvgIpc) is 2.31. The van der Waals surface area contributed by atoms with Crippen LogP contribution in [0.1, 0.15) is 16.7 Å². The largest absolute Gasteiger partial charge is 0.123 e. The number of benzene rings is 2. The van der Waals surface area contributed by atoms with E-state index in [0.717, 1.165) is 0 Å². The highest BCUT2D eigenvalue weighted by atomic mass is 127. The molecule has 2 aromatic rings. The smallest absolute Gasteiger partial charge is 0.118 e. The van der Waals surface area contributed by atoms with Gasteiger partial charge in [0.15, 0.2) is 0 Å². The molecule has 82 valence electrons. The van der Waals surface area contributed by atoms with E-state index in [1.165, 1.54) is 11.1 Å². The molecule has 2 rings (SSSR count). The molecule has 0 amide bonds. The number of hydrogen-bond donors (Lipinski definition) is 0. The molecule has 0 fully saturated rings. The van der Waals surface area contributed by atoms with Crippen molar-refractivity contribution >= 4 is 28.1 Å². The Kier molecular flexibility index (Phi) is 4.18. The molecule has 0 saturated carbocycles. The van der Waals surface area contributed by atoms with E-state index in [2.05, 4.69) is 89.0 Å². The molecule has 16 heavy (non-hydrogen) atoms. The van der Waals surface area contributed by atoms with Crippen LogP contribution in [0.4, 0.5) is 0 Å². The molecule has 0 bridgehead atoms. The van der Waals surface area contributed by atoms with E-state index < -0.39 is 6.29 Å². The first-order valence-corrected chi connectivity index (χ1v) is 11.5. The highest BCUT2D eigenvalue weighted by Gasteiger charge is 2.19. The van der Waals surface area contributed by atoms with Crippen molar-refractivity contribution in [2.45, 2.75) is 12.1 Å². The van der Waals surface area contributed by atoms with E-state index in [0.29, 0.717) is 5.54 Å². The highest BCUT2D eigenvalue weighted by Crippen LogP contribution is 2.29. The summed E-state index contributed by atoms with van der Waals surface area (Å²) in [6, 6.07) is 21.7. The van der Waals surface area contributed by atoms with Gasteiger partial charge in [-0.25, -0.2) is 0 Å². The minimum Gasteiger partial charge on any atom is -0.123 e. The van der Waals surface area contributed by atoms with Crippen molar-refractivity contribution in [2.24, 2.45) is 0 Å². The second-order valence-electron chi connectivity index (χ2n) is 3.98. The third kappa shape index (κ3) is 2.74. The zero-order valence-electron chi connectivity index (χ0n) is 9.31. The molecule has 0 aliphatic carbocycles. The SMILES string of the molecule is C[SiH](I)C(c1ccccc1)c1ccccc1. The van der Waals surface area contributed by atoms with Crippen molar-refractivity contribution in [3.05, 3.63) is 71.8 Å². The lowest BCUT2D eigenvalue weighted by molar-refractivity contribution is 1.12. The maximum Gasteiger partial charge on any atom is 0.118 e. The molecule has 0 N–H and O–H groups in total. The summed E-state index contributed by atoms with van der Waals surface area (Å²) in [7, 11) is 0. The first-order valence-electron chi connectivity index (χ1n) is 5.53. The molecule has 0 nitrogen and oxygen atoms in total. The summed E-state index contributed by atoms with van der Waals surface area (Å²) in [6.45, 7) is 2.41. The Hall–Kier alpha value is -0.613. The van der Waals surface area contributed by atoms with Crippen LogP contribution in [0.3, 0.4) is 0 Å². The number of halogens is 1. The van der Waals surface area contributed by atoms with Crippen molar-refractivity contribution < 1.29 is 0 Å². The molecule has 0 aliphatic heterocycles. The van der Waals surface area contributed by atoms with Gasteiger partial charge in [0.05, 0.1) is 0 Å². The summed E-state index contributed by atoms with van der Waals surface area (Å²) in [6.07, 6.45) is -0.769. The molecule has 0 aromatic heterocycles. The molecule has 0 heterocycles. The minimum absolute atomic E-state index is 0.628.